The van der Waals surface area contributed by atoms with E-state index in [0.717, 1.165) is 0 Å². The van der Waals surface area contributed by atoms with Crippen LogP contribution >= 0.6 is 0 Å². The minimum atomic E-state index is -0.578. The molecule has 1 aromatic rings. The van der Waals surface area contributed by atoms with Crippen molar-refractivity contribution in [1.82, 2.24) is 0 Å². The maximum Gasteiger partial charge on any atom is 0.280 e. The monoisotopic (exact) mass is 223 g/mol. The molecule has 6 heteroatoms. The summed E-state index contributed by atoms with van der Waals surface area (Å²) in [4.78, 5) is 21.6. The fourth-order valence-corrected chi connectivity index (χ4v) is 1.69. The third kappa shape index (κ3) is 1.63. The molecule has 84 valence electrons. The van der Waals surface area contributed by atoms with Crippen LogP contribution in [0.25, 0.3) is 0 Å². The van der Waals surface area contributed by atoms with Gasteiger partial charge in [-0.3, -0.25) is 14.9 Å². The fourth-order valence-electron chi connectivity index (χ4n) is 1.69. The zero-order valence-corrected chi connectivity index (χ0v) is 8.56. The van der Waals surface area contributed by atoms with Gasteiger partial charge in [-0.05, 0) is 13.0 Å². The number of carbonyl (C=O) groups excluding carboxylic acids is 1. The smallest absolute Gasteiger partial charge is 0.280 e. The first-order valence-electron chi connectivity index (χ1n) is 4.63. The molecule has 2 rings (SSSR count). The van der Waals surface area contributed by atoms with E-state index in [-0.39, 0.29) is 30.4 Å². The van der Waals surface area contributed by atoms with Crippen LogP contribution in [0.3, 0.4) is 0 Å². The maximum absolute atomic E-state index is 11.4. The number of nitro groups is 1. The number of Topliss-reactive ketones (excluding diaryl/α,β-unsaturated/α-hetero) is 1. The highest BCUT2D eigenvalue weighted by Gasteiger charge is 2.26. The zero-order chi connectivity index (χ0) is 11.7. The van der Waals surface area contributed by atoms with Crippen molar-refractivity contribution in [3.8, 4) is 5.75 Å². The second-order valence-electron chi connectivity index (χ2n) is 3.36. The number of ketones is 1. The highest BCUT2D eigenvalue weighted by molar-refractivity contribution is 6.00. The molecular weight excluding hydrogens is 214 g/mol. The second-order valence-corrected chi connectivity index (χ2v) is 3.36. The summed E-state index contributed by atoms with van der Waals surface area (Å²) in [6.45, 7) is 1.55. The molecular formula is C10H9NO5. The lowest BCUT2D eigenvalue weighted by molar-refractivity contribution is -0.385. The van der Waals surface area contributed by atoms with Crippen molar-refractivity contribution in [2.45, 2.75) is 13.5 Å². The molecule has 1 aromatic carbocycles. The summed E-state index contributed by atoms with van der Waals surface area (Å²) < 4.78 is 10.2. The number of benzene rings is 1. The van der Waals surface area contributed by atoms with Crippen LogP contribution in [-0.4, -0.2) is 17.5 Å². The van der Waals surface area contributed by atoms with Crippen molar-refractivity contribution in [2.75, 3.05) is 6.79 Å². The summed E-state index contributed by atoms with van der Waals surface area (Å²) >= 11 is 0. The van der Waals surface area contributed by atoms with Crippen molar-refractivity contribution in [2.24, 2.45) is 0 Å². The molecule has 0 fully saturated rings. The number of ether oxygens (including phenoxy) is 2. The summed E-state index contributed by atoms with van der Waals surface area (Å²) in [5.41, 5.74) is 0.315. The second kappa shape index (κ2) is 3.90. The highest BCUT2D eigenvalue weighted by atomic mass is 16.7. The van der Waals surface area contributed by atoms with E-state index >= 15 is 0 Å². The van der Waals surface area contributed by atoms with Gasteiger partial charge in [-0.1, -0.05) is 0 Å². The molecule has 0 spiro atoms. The number of nitro benzene ring substituents is 1. The van der Waals surface area contributed by atoms with Gasteiger partial charge in [0, 0.05) is 11.6 Å². The van der Waals surface area contributed by atoms with Crippen LogP contribution in [0.15, 0.2) is 12.1 Å². The van der Waals surface area contributed by atoms with E-state index in [0.29, 0.717) is 11.3 Å². The van der Waals surface area contributed by atoms with Gasteiger partial charge in [-0.25, -0.2) is 0 Å². The zero-order valence-electron chi connectivity index (χ0n) is 8.56. The number of rotatable bonds is 2. The minimum absolute atomic E-state index is 0.0715. The van der Waals surface area contributed by atoms with Gasteiger partial charge in [-0.2, -0.15) is 0 Å². The Morgan fingerprint density at radius 2 is 2.25 bits per heavy atom. The summed E-state index contributed by atoms with van der Waals surface area (Å²) in [7, 11) is 0. The fraction of sp³-hybridized carbons (Fsp3) is 0.300. The highest BCUT2D eigenvalue weighted by Crippen LogP contribution is 2.33. The molecule has 1 heterocycles. The lowest BCUT2D eigenvalue weighted by Crippen LogP contribution is -2.15. The molecule has 0 aliphatic carbocycles. The van der Waals surface area contributed by atoms with E-state index in [1.54, 1.807) is 0 Å². The lowest BCUT2D eigenvalue weighted by atomic mass is 10.0. The molecule has 0 unspecified atom stereocenters. The van der Waals surface area contributed by atoms with Crippen LogP contribution in [0.5, 0.6) is 5.75 Å². The van der Waals surface area contributed by atoms with Crippen molar-refractivity contribution in [1.29, 1.82) is 0 Å². The number of carbonyl (C=O) groups is 1. The molecule has 16 heavy (non-hydrogen) atoms. The van der Waals surface area contributed by atoms with Gasteiger partial charge in [0.1, 0.15) is 11.3 Å². The number of hydrogen-bond donors (Lipinski definition) is 0. The summed E-state index contributed by atoms with van der Waals surface area (Å²) in [6.07, 6.45) is 0. The average molecular weight is 223 g/mol. The van der Waals surface area contributed by atoms with Crippen LogP contribution in [0, 0.1) is 10.1 Å². The van der Waals surface area contributed by atoms with Crippen LogP contribution < -0.4 is 4.74 Å². The van der Waals surface area contributed by atoms with Gasteiger partial charge < -0.3 is 9.47 Å². The summed E-state index contributed by atoms with van der Waals surface area (Å²) in [5.74, 6) is 0.111. The molecule has 0 radical (unpaired) electrons. The Labute approximate surface area is 90.9 Å². The lowest BCUT2D eigenvalue weighted by Gasteiger charge is -2.19. The quantitative estimate of drug-likeness (QED) is 0.432. The van der Waals surface area contributed by atoms with E-state index in [9.17, 15) is 14.9 Å². The summed E-state index contributed by atoms with van der Waals surface area (Å²) in [5, 5.41) is 10.8. The first-order valence-corrected chi connectivity index (χ1v) is 4.63. The van der Waals surface area contributed by atoms with Gasteiger partial charge in [-0.15, -0.1) is 0 Å². The molecule has 1 aliphatic heterocycles. The number of hydrogen-bond acceptors (Lipinski definition) is 5. The average Bonchev–Trinajstić information content (AvgIpc) is 2.27. The van der Waals surface area contributed by atoms with Crippen molar-refractivity contribution in [3.63, 3.8) is 0 Å². The van der Waals surface area contributed by atoms with Gasteiger partial charge in [0.15, 0.2) is 12.6 Å². The molecule has 6 nitrogen and oxygen atoms in total. The van der Waals surface area contributed by atoms with E-state index < -0.39 is 4.92 Å². The van der Waals surface area contributed by atoms with Gasteiger partial charge in [0.2, 0.25) is 0 Å². The van der Waals surface area contributed by atoms with Crippen molar-refractivity contribution >= 4 is 11.5 Å². The third-order valence-corrected chi connectivity index (χ3v) is 2.34. The normalized spacial score (nSPS) is 13.8. The Balaban J connectivity index is 2.66. The first-order chi connectivity index (χ1) is 7.61. The van der Waals surface area contributed by atoms with Crippen molar-refractivity contribution in [3.05, 3.63) is 33.4 Å². The number of fused-ring (bicyclic) bond motifs is 1. The Bertz CT molecular complexity index is 469. The molecule has 0 bridgehead atoms. The molecule has 0 atom stereocenters. The first kappa shape index (κ1) is 10.6. The largest absolute Gasteiger partial charge is 0.467 e. The molecule has 0 amide bonds. The standard InChI is InChI=1S/C10H9NO5/c1-6(12)10-7-4-15-5-16-9(7)3-2-8(10)11(13)14/h2-3H,4-5H2,1H3. The van der Waals surface area contributed by atoms with Crippen LogP contribution in [0.4, 0.5) is 5.69 Å². The van der Waals surface area contributed by atoms with E-state index in [2.05, 4.69) is 0 Å². The van der Waals surface area contributed by atoms with E-state index in [1.807, 2.05) is 0 Å². The van der Waals surface area contributed by atoms with Gasteiger partial charge >= 0.3 is 0 Å². The minimum Gasteiger partial charge on any atom is -0.467 e. The van der Waals surface area contributed by atoms with Crippen LogP contribution in [0.1, 0.15) is 22.8 Å². The Hall–Kier alpha value is -1.95. The number of nitrogens with zero attached hydrogens (tertiary/aromatic N) is 1. The predicted octanol–water partition coefficient (Wildman–Crippen LogP) is 1.66. The van der Waals surface area contributed by atoms with E-state index in [1.165, 1.54) is 19.1 Å². The summed E-state index contributed by atoms with van der Waals surface area (Å²) in [6, 6.07) is 2.77. The SMILES string of the molecule is CC(=O)c1c([N+](=O)[O-])ccc2c1COCO2. The molecule has 0 saturated heterocycles. The molecule has 0 saturated carbocycles. The van der Waals surface area contributed by atoms with Gasteiger partial charge in [0.05, 0.1) is 11.5 Å². The van der Waals surface area contributed by atoms with Crippen molar-refractivity contribution < 1.29 is 19.2 Å². The van der Waals surface area contributed by atoms with Crippen LogP contribution in [-0.2, 0) is 11.3 Å². The molecule has 0 N–H and O–H groups in total. The Morgan fingerprint density at radius 1 is 1.50 bits per heavy atom. The molecule has 1 aliphatic rings. The third-order valence-electron chi connectivity index (χ3n) is 2.34. The van der Waals surface area contributed by atoms with Crippen LogP contribution in [0.2, 0.25) is 0 Å². The van der Waals surface area contributed by atoms with Gasteiger partial charge in [0.25, 0.3) is 5.69 Å². The molecule has 0 aromatic heterocycles. The Kier molecular flexibility index (Phi) is 2.57. The topological polar surface area (TPSA) is 78.7 Å². The maximum atomic E-state index is 11.4. The Morgan fingerprint density at radius 3 is 2.88 bits per heavy atom. The van der Waals surface area contributed by atoms with E-state index in [4.69, 9.17) is 9.47 Å². The predicted molar refractivity (Wildman–Crippen MR) is 53.4 cm³/mol.